The van der Waals surface area contributed by atoms with Gasteiger partial charge in [0.15, 0.2) is 11.2 Å². The molecule has 0 radical (unpaired) electrons. The molecule has 0 aliphatic carbocycles. The van der Waals surface area contributed by atoms with Crippen molar-refractivity contribution in [3.05, 3.63) is 16.0 Å². The fourth-order valence-corrected chi connectivity index (χ4v) is 1.63. The van der Waals surface area contributed by atoms with Crippen LogP contribution in [0.5, 0.6) is 5.88 Å². The van der Waals surface area contributed by atoms with Gasteiger partial charge in [-0.3, -0.25) is 9.36 Å². The molecule has 0 aromatic carbocycles. The van der Waals surface area contributed by atoms with Gasteiger partial charge in [0.1, 0.15) is 0 Å². The number of rotatable bonds is 3. The van der Waals surface area contributed by atoms with Crippen LogP contribution in [0.15, 0.2) is 4.79 Å². The Morgan fingerprint density at radius 1 is 1.35 bits per heavy atom. The second-order valence-electron chi connectivity index (χ2n) is 4.36. The first-order valence-corrected chi connectivity index (χ1v) is 5.75. The maximum absolute atomic E-state index is 11.8. The Bertz CT molecular complexity index is 753. The number of hydrogen-bond acceptors (Lipinski definition) is 7. The summed E-state index contributed by atoms with van der Waals surface area (Å²) < 4.78 is 6.49. The Balaban J connectivity index is 2.88. The van der Waals surface area contributed by atoms with Crippen molar-refractivity contribution in [1.82, 2.24) is 19.5 Å². The number of carbonyl (C=O) groups is 1. The molecule has 2 aromatic rings. The van der Waals surface area contributed by atoms with Gasteiger partial charge in [-0.2, -0.15) is 9.97 Å². The minimum atomic E-state index is -1.43. The fraction of sp³-hybridized carbons (Fsp3) is 0.364. The van der Waals surface area contributed by atoms with Crippen LogP contribution in [0.4, 0.5) is 5.95 Å². The average molecular weight is 279 g/mol. The molecular formula is C11H13N5O4. The average Bonchev–Trinajstić information content (AvgIpc) is 2.33. The second-order valence-corrected chi connectivity index (χ2v) is 4.36. The lowest BCUT2D eigenvalue weighted by molar-refractivity contribution is 0.0688. The van der Waals surface area contributed by atoms with E-state index in [1.807, 2.05) is 0 Å². The fourth-order valence-electron chi connectivity index (χ4n) is 1.63. The molecule has 0 unspecified atom stereocenters. The number of nitrogen functional groups attached to an aromatic ring is 1. The van der Waals surface area contributed by atoms with Gasteiger partial charge in [0.05, 0.1) is 6.10 Å². The van der Waals surface area contributed by atoms with E-state index in [4.69, 9.17) is 15.6 Å². The van der Waals surface area contributed by atoms with E-state index in [1.54, 1.807) is 13.8 Å². The molecule has 0 aliphatic heterocycles. The molecule has 0 atom stereocenters. The third-order valence-corrected chi connectivity index (χ3v) is 2.45. The van der Waals surface area contributed by atoms with Crippen molar-refractivity contribution in [3.8, 4) is 5.88 Å². The summed E-state index contributed by atoms with van der Waals surface area (Å²) in [4.78, 5) is 34.5. The highest BCUT2D eigenvalue weighted by atomic mass is 16.5. The largest absolute Gasteiger partial charge is 0.476 e. The molecule has 2 aromatic heterocycles. The number of aromatic nitrogens is 4. The van der Waals surface area contributed by atoms with Crippen molar-refractivity contribution in [2.75, 3.05) is 5.73 Å². The molecule has 0 aliphatic rings. The molecule has 2 heterocycles. The Morgan fingerprint density at radius 3 is 2.55 bits per heavy atom. The van der Waals surface area contributed by atoms with Crippen LogP contribution in [0.25, 0.3) is 11.2 Å². The highest BCUT2D eigenvalue weighted by molar-refractivity contribution is 5.88. The molecule has 0 bridgehead atoms. The molecular weight excluding hydrogens is 266 g/mol. The highest BCUT2D eigenvalue weighted by Gasteiger charge is 2.20. The van der Waals surface area contributed by atoms with E-state index in [2.05, 4.69) is 15.0 Å². The number of carboxylic acids is 1. The van der Waals surface area contributed by atoms with Crippen molar-refractivity contribution in [2.24, 2.45) is 7.05 Å². The van der Waals surface area contributed by atoms with Gasteiger partial charge in [0.2, 0.25) is 17.5 Å². The molecule has 2 rings (SSSR count). The number of hydrogen-bond donors (Lipinski definition) is 2. The standard InChI is InChI=1S/C11H13N5O4/c1-4(2)20-8-5-7(14-11(12)15-8)16(3)9(17)6(13-5)10(18)19/h4H,1-3H3,(H,18,19)(H2,12,14,15). The maximum atomic E-state index is 11.8. The monoisotopic (exact) mass is 279 g/mol. The van der Waals surface area contributed by atoms with Crippen LogP contribution in [0.1, 0.15) is 24.3 Å². The number of aryl methyl sites for hydroxylation is 1. The number of nitrogens with zero attached hydrogens (tertiary/aromatic N) is 4. The summed E-state index contributed by atoms with van der Waals surface area (Å²) in [6.07, 6.45) is -0.222. The quantitative estimate of drug-likeness (QED) is 0.788. The molecule has 106 valence electrons. The molecule has 0 spiro atoms. The Kier molecular flexibility index (Phi) is 3.26. The van der Waals surface area contributed by atoms with Gasteiger partial charge in [-0.05, 0) is 13.8 Å². The maximum Gasteiger partial charge on any atom is 0.360 e. The first-order valence-electron chi connectivity index (χ1n) is 5.75. The lowest BCUT2D eigenvalue weighted by Crippen LogP contribution is -2.27. The molecule has 0 saturated carbocycles. The summed E-state index contributed by atoms with van der Waals surface area (Å²) in [6.45, 7) is 3.54. The summed E-state index contributed by atoms with van der Waals surface area (Å²) in [5.74, 6) is -1.48. The van der Waals surface area contributed by atoms with Crippen molar-refractivity contribution in [2.45, 2.75) is 20.0 Å². The normalized spacial score (nSPS) is 11.0. The van der Waals surface area contributed by atoms with Crippen molar-refractivity contribution < 1.29 is 14.6 Å². The van der Waals surface area contributed by atoms with Gasteiger partial charge >= 0.3 is 5.97 Å². The Hall–Kier alpha value is -2.71. The second kappa shape index (κ2) is 4.76. The van der Waals surface area contributed by atoms with Gasteiger partial charge < -0.3 is 15.6 Å². The number of ether oxygens (including phenoxy) is 1. The predicted molar refractivity (Wildman–Crippen MR) is 69.7 cm³/mol. The number of nitrogens with two attached hydrogens (primary N) is 1. The van der Waals surface area contributed by atoms with E-state index in [-0.39, 0.29) is 29.1 Å². The lowest BCUT2D eigenvalue weighted by atomic mass is 10.4. The van der Waals surface area contributed by atoms with Crippen LogP contribution in [0, 0.1) is 0 Å². The summed E-state index contributed by atoms with van der Waals surface area (Å²) in [5, 5.41) is 8.99. The van der Waals surface area contributed by atoms with Crippen LogP contribution in [0.2, 0.25) is 0 Å². The third-order valence-electron chi connectivity index (χ3n) is 2.45. The van der Waals surface area contributed by atoms with Crippen LogP contribution < -0.4 is 16.0 Å². The SMILES string of the molecule is CC(C)Oc1nc(N)nc2c1nc(C(=O)O)c(=O)n2C. The van der Waals surface area contributed by atoms with Crippen LogP contribution >= 0.6 is 0 Å². The minimum absolute atomic E-state index is 0.0422. The Morgan fingerprint density at radius 2 is 2.00 bits per heavy atom. The topological polar surface area (TPSA) is 133 Å². The number of fused-ring (bicyclic) bond motifs is 1. The molecule has 0 saturated heterocycles. The molecule has 3 N–H and O–H groups in total. The molecule has 20 heavy (non-hydrogen) atoms. The van der Waals surface area contributed by atoms with Crippen LogP contribution in [-0.4, -0.2) is 36.7 Å². The van der Waals surface area contributed by atoms with Crippen molar-refractivity contribution >= 4 is 23.1 Å². The smallest absolute Gasteiger partial charge is 0.360 e. The van der Waals surface area contributed by atoms with Gasteiger partial charge in [0, 0.05) is 7.05 Å². The van der Waals surface area contributed by atoms with E-state index >= 15 is 0 Å². The number of carboxylic acid groups (broad SMARTS) is 1. The zero-order valence-corrected chi connectivity index (χ0v) is 11.1. The predicted octanol–water partition coefficient (Wildman–Crippen LogP) is -0.209. The third kappa shape index (κ3) is 2.25. The summed E-state index contributed by atoms with van der Waals surface area (Å²) in [6, 6.07) is 0. The van der Waals surface area contributed by atoms with Gasteiger partial charge in [-0.1, -0.05) is 0 Å². The molecule has 9 nitrogen and oxygen atoms in total. The molecule has 9 heteroatoms. The summed E-state index contributed by atoms with van der Waals surface area (Å²) >= 11 is 0. The van der Waals surface area contributed by atoms with E-state index in [1.165, 1.54) is 7.05 Å². The van der Waals surface area contributed by atoms with E-state index in [0.717, 1.165) is 4.57 Å². The first kappa shape index (κ1) is 13.7. The zero-order chi connectivity index (χ0) is 15.0. The van der Waals surface area contributed by atoms with Gasteiger partial charge in [-0.25, -0.2) is 9.78 Å². The lowest BCUT2D eigenvalue weighted by Gasteiger charge is -2.12. The van der Waals surface area contributed by atoms with Crippen molar-refractivity contribution in [1.29, 1.82) is 0 Å². The zero-order valence-electron chi connectivity index (χ0n) is 11.1. The Labute approximate surface area is 113 Å². The highest BCUT2D eigenvalue weighted by Crippen LogP contribution is 2.21. The number of anilines is 1. The van der Waals surface area contributed by atoms with Gasteiger partial charge in [0.25, 0.3) is 5.56 Å². The van der Waals surface area contributed by atoms with Crippen LogP contribution in [0.3, 0.4) is 0 Å². The summed E-state index contributed by atoms with van der Waals surface area (Å²) in [7, 11) is 1.38. The minimum Gasteiger partial charge on any atom is -0.476 e. The molecule has 0 fully saturated rings. The van der Waals surface area contributed by atoms with Gasteiger partial charge in [-0.15, -0.1) is 0 Å². The summed E-state index contributed by atoms with van der Waals surface area (Å²) in [5.41, 5.74) is 4.34. The van der Waals surface area contributed by atoms with E-state index in [9.17, 15) is 9.59 Å². The number of aromatic carboxylic acids is 1. The van der Waals surface area contributed by atoms with E-state index in [0.29, 0.717) is 0 Å². The van der Waals surface area contributed by atoms with E-state index < -0.39 is 17.2 Å². The van der Waals surface area contributed by atoms with Crippen molar-refractivity contribution in [3.63, 3.8) is 0 Å². The molecule has 0 amide bonds. The first-order chi connectivity index (χ1) is 9.31. The van der Waals surface area contributed by atoms with Crippen LogP contribution in [-0.2, 0) is 7.05 Å².